The number of ketones is 3. The van der Waals surface area contributed by atoms with E-state index in [9.17, 15) is 19.2 Å². The van der Waals surface area contributed by atoms with Crippen molar-refractivity contribution in [2.75, 3.05) is 46.2 Å². The summed E-state index contributed by atoms with van der Waals surface area (Å²) in [4.78, 5) is 54.6. The molecule has 1 aromatic rings. The number of imidazole rings is 1. The van der Waals surface area contributed by atoms with Gasteiger partial charge in [-0.05, 0) is 32.6 Å². The molecule has 0 aliphatic carbocycles. The van der Waals surface area contributed by atoms with Gasteiger partial charge in [0, 0.05) is 56.8 Å². The van der Waals surface area contributed by atoms with Gasteiger partial charge in [0.25, 0.3) is 0 Å². The minimum atomic E-state index is -0.674. The molecule has 0 aliphatic heterocycles. The zero-order valence-electron chi connectivity index (χ0n) is 22.3. The Kier molecular flexibility index (Phi) is 18.1. The summed E-state index contributed by atoms with van der Waals surface area (Å²) in [5.74, 6) is -0.697. The Morgan fingerprint density at radius 2 is 1.78 bits per heavy atom. The number of nitrogens with one attached hydrogen (secondary N) is 2. The van der Waals surface area contributed by atoms with Gasteiger partial charge in [-0.25, -0.2) is 4.98 Å². The summed E-state index contributed by atoms with van der Waals surface area (Å²) >= 11 is 0. The summed E-state index contributed by atoms with van der Waals surface area (Å²) in [7, 11) is 0. The molecular weight excluding hydrogens is 480 g/mol. The molecule has 1 rings (SSSR count). The predicted molar refractivity (Wildman–Crippen MR) is 138 cm³/mol. The van der Waals surface area contributed by atoms with Crippen molar-refractivity contribution < 1.29 is 33.4 Å². The van der Waals surface area contributed by atoms with E-state index in [1.54, 1.807) is 6.20 Å². The SMILES string of the molecule is CCCOCC(=O)CCCOCCOCC(=O)NCCCC[C@H](CC(=O)[C@@H](N)Cc1cnc[nH]1)C(C)=O. The molecule has 210 valence electrons. The molecular formula is C26H44N4O7. The zero-order valence-corrected chi connectivity index (χ0v) is 22.3. The lowest BCUT2D eigenvalue weighted by Crippen LogP contribution is -2.35. The van der Waals surface area contributed by atoms with Crippen LogP contribution in [-0.2, 0) is 39.8 Å². The van der Waals surface area contributed by atoms with E-state index in [-0.39, 0.29) is 55.4 Å². The van der Waals surface area contributed by atoms with Crippen molar-refractivity contribution in [1.29, 1.82) is 0 Å². The van der Waals surface area contributed by atoms with Crippen LogP contribution in [0, 0.1) is 5.92 Å². The average Bonchev–Trinajstić information content (AvgIpc) is 3.37. The summed E-state index contributed by atoms with van der Waals surface area (Å²) in [6.07, 6.45) is 7.55. The first-order valence-electron chi connectivity index (χ1n) is 13.1. The highest BCUT2D eigenvalue weighted by atomic mass is 16.5. The van der Waals surface area contributed by atoms with E-state index in [1.165, 1.54) is 13.3 Å². The number of hydrogen-bond acceptors (Lipinski definition) is 9. The van der Waals surface area contributed by atoms with E-state index in [0.717, 1.165) is 12.1 Å². The van der Waals surface area contributed by atoms with E-state index in [4.69, 9.17) is 19.9 Å². The molecule has 1 heterocycles. The second-order valence-corrected chi connectivity index (χ2v) is 9.07. The minimum Gasteiger partial charge on any atom is -0.379 e. The number of amides is 1. The number of Topliss-reactive ketones (excluding diaryl/α,β-unsaturated/α-hetero) is 3. The quantitative estimate of drug-likeness (QED) is 0.170. The first-order chi connectivity index (χ1) is 17.8. The molecule has 0 bridgehead atoms. The first kappa shape index (κ1) is 32.6. The van der Waals surface area contributed by atoms with E-state index in [0.29, 0.717) is 64.9 Å². The summed E-state index contributed by atoms with van der Waals surface area (Å²) < 4.78 is 15.9. The third-order valence-electron chi connectivity index (χ3n) is 5.69. The van der Waals surface area contributed by atoms with Crippen molar-refractivity contribution in [1.82, 2.24) is 15.3 Å². The van der Waals surface area contributed by atoms with Gasteiger partial charge in [0.05, 0.1) is 25.6 Å². The Morgan fingerprint density at radius 1 is 1.03 bits per heavy atom. The Labute approximate surface area is 219 Å². The monoisotopic (exact) mass is 524 g/mol. The van der Waals surface area contributed by atoms with Crippen LogP contribution in [0.5, 0.6) is 0 Å². The number of aromatic nitrogens is 2. The lowest BCUT2D eigenvalue weighted by molar-refractivity contribution is -0.127. The summed E-state index contributed by atoms with van der Waals surface area (Å²) in [5.41, 5.74) is 6.77. The van der Waals surface area contributed by atoms with E-state index in [2.05, 4.69) is 15.3 Å². The van der Waals surface area contributed by atoms with Gasteiger partial charge in [-0.2, -0.15) is 0 Å². The fourth-order valence-electron chi connectivity index (χ4n) is 3.54. The summed E-state index contributed by atoms with van der Waals surface area (Å²) in [6, 6.07) is -0.674. The number of rotatable bonds is 24. The maximum absolute atomic E-state index is 12.4. The Hall–Kier alpha value is -2.47. The van der Waals surface area contributed by atoms with Gasteiger partial charge in [-0.1, -0.05) is 13.3 Å². The number of aromatic amines is 1. The van der Waals surface area contributed by atoms with Crippen LogP contribution >= 0.6 is 0 Å². The van der Waals surface area contributed by atoms with Crippen LogP contribution in [0.2, 0.25) is 0 Å². The van der Waals surface area contributed by atoms with Crippen LogP contribution in [0.15, 0.2) is 12.5 Å². The van der Waals surface area contributed by atoms with Gasteiger partial charge in [-0.15, -0.1) is 0 Å². The highest BCUT2D eigenvalue weighted by Crippen LogP contribution is 2.16. The molecule has 0 aromatic carbocycles. The van der Waals surface area contributed by atoms with Gasteiger partial charge >= 0.3 is 0 Å². The lowest BCUT2D eigenvalue weighted by Gasteiger charge is -2.16. The predicted octanol–water partition coefficient (Wildman–Crippen LogP) is 1.54. The number of carbonyl (C=O) groups is 4. The van der Waals surface area contributed by atoms with Crippen LogP contribution in [0.3, 0.4) is 0 Å². The maximum atomic E-state index is 12.4. The Morgan fingerprint density at radius 3 is 2.49 bits per heavy atom. The summed E-state index contributed by atoms with van der Waals surface area (Å²) in [6.45, 7) is 5.74. The molecule has 0 radical (unpaired) electrons. The number of nitrogens with two attached hydrogens (primary N) is 1. The smallest absolute Gasteiger partial charge is 0.245 e. The molecule has 2 atom stereocenters. The van der Waals surface area contributed by atoms with Gasteiger partial charge in [0.1, 0.15) is 19.0 Å². The lowest BCUT2D eigenvalue weighted by atomic mass is 9.90. The third-order valence-corrected chi connectivity index (χ3v) is 5.69. The van der Waals surface area contributed by atoms with Crippen LogP contribution < -0.4 is 11.1 Å². The molecule has 0 aliphatic rings. The van der Waals surface area contributed by atoms with E-state index in [1.807, 2.05) is 6.92 Å². The molecule has 0 saturated carbocycles. The fourth-order valence-corrected chi connectivity index (χ4v) is 3.54. The molecule has 4 N–H and O–H groups in total. The highest BCUT2D eigenvalue weighted by molar-refractivity contribution is 5.89. The molecule has 0 spiro atoms. The number of unbranched alkanes of at least 4 members (excludes halogenated alkanes) is 1. The average molecular weight is 525 g/mol. The molecule has 1 aromatic heterocycles. The molecule has 0 unspecified atom stereocenters. The van der Waals surface area contributed by atoms with Crippen molar-refractivity contribution in [3.8, 4) is 0 Å². The van der Waals surface area contributed by atoms with E-state index < -0.39 is 6.04 Å². The normalized spacial score (nSPS) is 12.7. The zero-order chi connectivity index (χ0) is 27.3. The number of carbonyl (C=O) groups excluding carboxylic acids is 4. The molecule has 0 fully saturated rings. The van der Waals surface area contributed by atoms with Gasteiger partial charge < -0.3 is 30.2 Å². The highest BCUT2D eigenvalue weighted by Gasteiger charge is 2.22. The molecule has 37 heavy (non-hydrogen) atoms. The number of nitrogens with zero attached hydrogens (tertiary/aromatic N) is 1. The second kappa shape index (κ2) is 20.6. The second-order valence-electron chi connectivity index (χ2n) is 9.07. The van der Waals surface area contributed by atoms with Crippen LogP contribution in [0.4, 0.5) is 0 Å². The minimum absolute atomic E-state index is 0.0330. The van der Waals surface area contributed by atoms with Gasteiger partial charge in [-0.3, -0.25) is 19.2 Å². The first-order valence-corrected chi connectivity index (χ1v) is 13.1. The van der Waals surface area contributed by atoms with Gasteiger partial charge in [0.15, 0.2) is 11.6 Å². The Balaban J connectivity index is 2.03. The molecule has 0 saturated heterocycles. The van der Waals surface area contributed by atoms with Crippen molar-refractivity contribution in [3.63, 3.8) is 0 Å². The van der Waals surface area contributed by atoms with Crippen LogP contribution in [0.25, 0.3) is 0 Å². The largest absolute Gasteiger partial charge is 0.379 e. The standard InChI is InChI=1S/C26H44N4O7/c1-3-10-36-17-23(32)8-6-11-35-12-13-37-18-26(34)29-9-5-4-7-21(20(2)31)14-25(33)24(27)15-22-16-28-19-30-22/h16,19,21,24H,3-15,17-18,27H2,1-2H3,(H,28,30)(H,29,34)/t21-,24+/m1/s1. The molecule has 11 heteroatoms. The van der Waals surface area contributed by atoms with Crippen LogP contribution in [0.1, 0.15) is 64.5 Å². The topological polar surface area (TPSA) is 163 Å². The summed E-state index contributed by atoms with van der Waals surface area (Å²) in [5, 5.41) is 2.78. The van der Waals surface area contributed by atoms with Crippen molar-refractivity contribution in [3.05, 3.63) is 18.2 Å². The maximum Gasteiger partial charge on any atom is 0.245 e. The number of H-pyrrole nitrogens is 1. The fraction of sp³-hybridized carbons (Fsp3) is 0.731. The number of hydrogen-bond donors (Lipinski definition) is 3. The van der Waals surface area contributed by atoms with Gasteiger partial charge in [0.2, 0.25) is 5.91 Å². The molecule has 11 nitrogen and oxygen atoms in total. The van der Waals surface area contributed by atoms with Crippen molar-refractivity contribution >= 4 is 23.3 Å². The Bertz CT molecular complexity index is 786. The van der Waals surface area contributed by atoms with Crippen LogP contribution in [-0.4, -0.2) is 85.5 Å². The third kappa shape index (κ3) is 16.8. The van der Waals surface area contributed by atoms with Crippen molar-refractivity contribution in [2.45, 2.75) is 71.3 Å². The number of ether oxygens (including phenoxy) is 3. The van der Waals surface area contributed by atoms with Crippen molar-refractivity contribution in [2.24, 2.45) is 11.7 Å². The molecule has 1 amide bonds. The van der Waals surface area contributed by atoms with E-state index >= 15 is 0 Å².